The van der Waals surface area contributed by atoms with Gasteiger partial charge in [-0.15, -0.1) is 11.8 Å². The van der Waals surface area contributed by atoms with Gasteiger partial charge >= 0.3 is 6.18 Å². The zero-order valence-electron chi connectivity index (χ0n) is 18.0. The van der Waals surface area contributed by atoms with E-state index in [0.717, 1.165) is 42.7 Å². The predicted octanol–water partition coefficient (Wildman–Crippen LogP) is 6.42. The van der Waals surface area contributed by atoms with Crippen LogP contribution < -0.4 is 4.90 Å². The Bertz CT molecular complexity index is 874. The number of amides is 1. The van der Waals surface area contributed by atoms with Crippen molar-refractivity contribution in [3.05, 3.63) is 59.8 Å². The van der Waals surface area contributed by atoms with E-state index in [1.54, 1.807) is 36.8 Å². The van der Waals surface area contributed by atoms with Crippen LogP contribution in [0.25, 0.3) is 0 Å². The molecule has 7 heteroatoms. The first-order valence-electron chi connectivity index (χ1n) is 10.7. The van der Waals surface area contributed by atoms with E-state index in [1.807, 2.05) is 24.3 Å². The molecule has 168 valence electrons. The molecule has 1 amide bonds. The van der Waals surface area contributed by atoms with Crippen molar-refractivity contribution in [3.8, 4) is 0 Å². The van der Waals surface area contributed by atoms with Crippen LogP contribution in [0.2, 0.25) is 0 Å². The van der Waals surface area contributed by atoms with E-state index in [2.05, 4.69) is 11.0 Å². The molecule has 2 aliphatic rings. The Morgan fingerprint density at radius 2 is 1.81 bits per heavy atom. The summed E-state index contributed by atoms with van der Waals surface area (Å²) in [5.41, 5.74) is 1.06. The van der Waals surface area contributed by atoms with Gasteiger partial charge in [-0.05, 0) is 37.1 Å². The second kappa shape index (κ2) is 10.4. The summed E-state index contributed by atoms with van der Waals surface area (Å²) >= 11 is 1.59. The molecule has 0 saturated heterocycles. The number of hydrogen-bond donors (Lipinski definition) is 0. The molecule has 0 aromatic heterocycles. The SMILES string of the molecule is CN(C)C(=O)CCCCCCCN1C2=CC=CC=CC2Sc2ccc(C(F)(F)F)cc21. The van der Waals surface area contributed by atoms with Gasteiger partial charge in [0.15, 0.2) is 0 Å². The minimum atomic E-state index is -4.36. The second-order valence-electron chi connectivity index (χ2n) is 8.04. The number of carbonyl (C=O) groups excluding carboxylic acids is 1. The molecule has 1 aromatic carbocycles. The Hall–Kier alpha value is -2.15. The molecule has 1 unspecified atom stereocenters. The van der Waals surface area contributed by atoms with E-state index < -0.39 is 11.7 Å². The Morgan fingerprint density at radius 3 is 2.55 bits per heavy atom. The minimum Gasteiger partial charge on any atom is -0.349 e. The molecule has 0 bridgehead atoms. The number of unbranched alkanes of at least 4 members (excludes halogenated alkanes) is 4. The van der Waals surface area contributed by atoms with E-state index >= 15 is 0 Å². The van der Waals surface area contributed by atoms with Gasteiger partial charge in [0.2, 0.25) is 5.91 Å². The maximum absolute atomic E-state index is 13.3. The number of fused-ring (bicyclic) bond motifs is 2. The smallest absolute Gasteiger partial charge is 0.349 e. The number of benzene rings is 1. The highest BCUT2D eigenvalue weighted by molar-refractivity contribution is 8.00. The van der Waals surface area contributed by atoms with E-state index in [0.29, 0.717) is 18.7 Å². The van der Waals surface area contributed by atoms with E-state index in [1.165, 1.54) is 12.1 Å². The lowest BCUT2D eigenvalue weighted by Crippen LogP contribution is -2.32. The molecular formula is C24H29F3N2OS. The molecule has 1 heterocycles. The van der Waals surface area contributed by atoms with Crippen LogP contribution in [0.1, 0.15) is 44.1 Å². The Labute approximate surface area is 186 Å². The summed E-state index contributed by atoms with van der Waals surface area (Å²) < 4.78 is 40.0. The lowest BCUT2D eigenvalue weighted by atomic mass is 10.1. The highest BCUT2D eigenvalue weighted by atomic mass is 32.2. The molecule has 0 saturated carbocycles. The average Bonchev–Trinajstić information content (AvgIpc) is 2.96. The highest BCUT2D eigenvalue weighted by Crippen LogP contribution is 2.46. The molecule has 0 spiro atoms. The van der Waals surface area contributed by atoms with Crippen LogP contribution in [0.4, 0.5) is 18.9 Å². The molecule has 3 nitrogen and oxygen atoms in total. The Kier molecular flexibility index (Phi) is 7.92. The first kappa shape index (κ1) is 23.5. The van der Waals surface area contributed by atoms with Gasteiger partial charge in [-0.25, -0.2) is 0 Å². The summed E-state index contributed by atoms with van der Waals surface area (Å²) in [7, 11) is 3.53. The fourth-order valence-electron chi connectivity index (χ4n) is 3.75. The molecule has 0 radical (unpaired) electrons. The van der Waals surface area contributed by atoms with Gasteiger partial charge in [0, 0.05) is 37.7 Å². The first-order valence-corrected chi connectivity index (χ1v) is 11.6. The maximum atomic E-state index is 13.3. The molecule has 1 aliphatic heterocycles. The standard InChI is InChI=1S/C24H29F3N2OS/c1-28(2)23(30)13-9-4-3-5-10-16-29-19-11-7-6-8-12-21(19)31-22-15-14-18(17-20(22)29)24(25,26)27/h6-8,11-12,14-15,17,21H,3-5,9-10,13,16H2,1-2H3. The summed E-state index contributed by atoms with van der Waals surface area (Å²) in [6.45, 7) is 0.676. The summed E-state index contributed by atoms with van der Waals surface area (Å²) in [5.74, 6) is 0.148. The summed E-state index contributed by atoms with van der Waals surface area (Å²) in [5, 5.41) is 0.0938. The third kappa shape index (κ3) is 6.19. The third-order valence-electron chi connectivity index (χ3n) is 5.48. The van der Waals surface area contributed by atoms with Crippen LogP contribution in [0, 0.1) is 0 Å². The Morgan fingerprint density at radius 1 is 1.06 bits per heavy atom. The van der Waals surface area contributed by atoms with Gasteiger partial charge in [0.05, 0.1) is 16.5 Å². The van der Waals surface area contributed by atoms with Crippen LogP contribution in [0.3, 0.4) is 0 Å². The van der Waals surface area contributed by atoms with Crippen molar-refractivity contribution in [1.82, 2.24) is 4.90 Å². The van der Waals surface area contributed by atoms with Crippen molar-refractivity contribution in [2.24, 2.45) is 0 Å². The summed E-state index contributed by atoms with van der Waals surface area (Å²) in [6, 6.07) is 4.05. The van der Waals surface area contributed by atoms with Crippen LogP contribution in [-0.4, -0.2) is 36.7 Å². The molecule has 1 atom stereocenters. The topological polar surface area (TPSA) is 23.6 Å². The second-order valence-corrected chi connectivity index (χ2v) is 9.22. The molecule has 1 aliphatic carbocycles. The average molecular weight is 451 g/mol. The van der Waals surface area contributed by atoms with Gasteiger partial charge < -0.3 is 9.80 Å². The number of rotatable bonds is 8. The summed E-state index contributed by atoms with van der Waals surface area (Å²) in [6.07, 6.45) is 10.9. The molecule has 31 heavy (non-hydrogen) atoms. The van der Waals surface area contributed by atoms with Crippen molar-refractivity contribution in [1.29, 1.82) is 0 Å². The van der Waals surface area contributed by atoms with Crippen molar-refractivity contribution in [2.75, 3.05) is 25.5 Å². The van der Waals surface area contributed by atoms with Gasteiger partial charge in [0.1, 0.15) is 0 Å². The monoisotopic (exact) mass is 450 g/mol. The number of alkyl halides is 3. The quantitative estimate of drug-likeness (QED) is 0.427. The van der Waals surface area contributed by atoms with Crippen LogP contribution in [-0.2, 0) is 11.0 Å². The zero-order chi connectivity index (χ0) is 22.4. The van der Waals surface area contributed by atoms with Gasteiger partial charge in [-0.3, -0.25) is 4.79 Å². The van der Waals surface area contributed by atoms with Crippen molar-refractivity contribution in [3.63, 3.8) is 0 Å². The largest absolute Gasteiger partial charge is 0.416 e. The van der Waals surface area contributed by atoms with Gasteiger partial charge in [-0.2, -0.15) is 13.2 Å². The lowest BCUT2D eigenvalue weighted by Gasteiger charge is -2.37. The predicted molar refractivity (Wildman–Crippen MR) is 121 cm³/mol. The van der Waals surface area contributed by atoms with Crippen molar-refractivity contribution in [2.45, 2.75) is 54.8 Å². The number of hydrogen-bond acceptors (Lipinski definition) is 3. The minimum absolute atomic E-state index is 0.0938. The van der Waals surface area contributed by atoms with Crippen LogP contribution in [0.15, 0.2) is 59.2 Å². The van der Waals surface area contributed by atoms with Crippen LogP contribution in [0.5, 0.6) is 0 Å². The van der Waals surface area contributed by atoms with Crippen LogP contribution >= 0.6 is 11.8 Å². The molecule has 0 N–H and O–H groups in total. The Balaban J connectivity index is 1.66. The molecular weight excluding hydrogens is 421 g/mol. The maximum Gasteiger partial charge on any atom is 0.416 e. The zero-order valence-corrected chi connectivity index (χ0v) is 18.8. The number of halogens is 3. The number of anilines is 1. The fraction of sp³-hybridized carbons (Fsp3) is 0.458. The van der Waals surface area contributed by atoms with Crippen molar-refractivity contribution >= 4 is 23.4 Å². The number of carbonyl (C=O) groups is 1. The molecule has 0 fully saturated rings. The molecule has 1 aromatic rings. The van der Waals surface area contributed by atoms with E-state index in [9.17, 15) is 18.0 Å². The lowest BCUT2D eigenvalue weighted by molar-refractivity contribution is -0.137. The normalized spacial score (nSPS) is 17.6. The first-order chi connectivity index (χ1) is 14.8. The number of nitrogens with zero attached hydrogens (tertiary/aromatic N) is 2. The number of thioether (sulfide) groups is 1. The van der Waals surface area contributed by atoms with Gasteiger partial charge in [0.25, 0.3) is 0 Å². The van der Waals surface area contributed by atoms with Crippen molar-refractivity contribution < 1.29 is 18.0 Å². The van der Waals surface area contributed by atoms with E-state index in [4.69, 9.17) is 0 Å². The molecule has 3 rings (SSSR count). The number of allylic oxidation sites excluding steroid dienone is 4. The highest BCUT2D eigenvalue weighted by Gasteiger charge is 2.34. The summed E-state index contributed by atoms with van der Waals surface area (Å²) in [4.78, 5) is 16.2. The van der Waals surface area contributed by atoms with E-state index in [-0.39, 0.29) is 11.2 Å². The van der Waals surface area contributed by atoms with Gasteiger partial charge in [-0.1, -0.05) is 43.6 Å². The fourth-order valence-corrected chi connectivity index (χ4v) is 4.96. The third-order valence-corrected chi connectivity index (χ3v) is 6.73.